The monoisotopic (exact) mass is 285 g/mol. The number of carbonyl (C=O) groups excluding carboxylic acids is 1. The predicted octanol–water partition coefficient (Wildman–Crippen LogP) is 2.09. The Balaban J connectivity index is 1.65. The molecule has 1 amide bonds. The number of piperidine rings is 1. The van der Waals surface area contributed by atoms with Gasteiger partial charge in [0.15, 0.2) is 0 Å². The van der Waals surface area contributed by atoms with E-state index in [1.807, 2.05) is 20.8 Å². The highest BCUT2D eigenvalue weighted by molar-refractivity contribution is 5.69. The van der Waals surface area contributed by atoms with E-state index in [1.54, 1.807) is 23.5 Å². The van der Waals surface area contributed by atoms with Crippen molar-refractivity contribution in [3.8, 4) is 11.8 Å². The molecule has 2 fully saturated rings. The van der Waals surface area contributed by atoms with Crippen molar-refractivity contribution in [3.05, 3.63) is 24.3 Å². The van der Waals surface area contributed by atoms with Gasteiger partial charge < -0.3 is 9.64 Å². The topological polar surface area (TPSA) is 55.3 Å². The van der Waals surface area contributed by atoms with Gasteiger partial charge in [-0.05, 0) is 39.0 Å². The summed E-state index contributed by atoms with van der Waals surface area (Å²) in [4.78, 5) is 22.0. The first-order valence-corrected chi connectivity index (χ1v) is 7.15. The Morgan fingerprint density at radius 3 is 2.95 bits per heavy atom. The molecule has 0 aromatic carbocycles. The number of likely N-dealkylation sites (tertiary alicyclic amines) is 1. The number of hydrogen-bond donors (Lipinski definition) is 0. The molecule has 1 aliphatic heterocycles. The van der Waals surface area contributed by atoms with Crippen LogP contribution in [0.25, 0.3) is 0 Å². The average Bonchev–Trinajstić information content (AvgIpc) is 2.97. The molecule has 0 N–H and O–H groups in total. The molecule has 1 aromatic rings. The molecule has 110 valence electrons. The quantitative estimate of drug-likeness (QED) is 0.685. The SMILES string of the molecule is CC(C)(C)OC(=O)N1CC2CC2(C#Cc2cnccn2)C1. The Labute approximate surface area is 124 Å². The van der Waals surface area contributed by atoms with Crippen molar-refractivity contribution in [2.45, 2.75) is 32.8 Å². The molecule has 2 aliphatic rings. The molecule has 2 unspecified atom stereocenters. The highest BCUT2D eigenvalue weighted by Crippen LogP contribution is 2.57. The maximum atomic E-state index is 12.1. The molecule has 1 aliphatic carbocycles. The Morgan fingerprint density at radius 2 is 2.29 bits per heavy atom. The van der Waals surface area contributed by atoms with Crippen LogP contribution in [-0.4, -0.2) is 39.7 Å². The molecule has 5 heteroatoms. The fourth-order valence-electron chi connectivity index (χ4n) is 2.70. The predicted molar refractivity (Wildman–Crippen MR) is 77.3 cm³/mol. The van der Waals surface area contributed by atoms with Gasteiger partial charge in [0.05, 0.1) is 11.6 Å². The summed E-state index contributed by atoms with van der Waals surface area (Å²) in [5, 5.41) is 0. The number of aromatic nitrogens is 2. The van der Waals surface area contributed by atoms with Crippen molar-refractivity contribution in [1.82, 2.24) is 14.9 Å². The number of fused-ring (bicyclic) bond motifs is 1. The van der Waals surface area contributed by atoms with E-state index < -0.39 is 5.60 Å². The second-order valence-corrected chi connectivity index (χ2v) is 6.76. The Morgan fingerprint density at radius 1 is 1.48 bits per heavy atom. The normalized spacial score (nSPS) is 26.6. The van der Waals surface area contributed by atoms with Crippen LogP contribution in [0.15, 0.2) is 18.6 Å². The van der Waals surface area contributed by atoms with Crippen molar-refractivity contribution in [2.75, 3.05) is 13.1 Å². The van der Waals surface area contributed by atoms with Gasteiger partial charge in [-0.1, -0.05) is 5.92 Å². The summed E-state index contributed by atoms with van der Waals surface area (Å²) in [7, 11) is 0. The van der Waals surface area contributed by atoms with Crippen LogP contribution in [0.5, 0.6) is 0 Å². The lowest BCUT2D eigenvalue weighted by atomic mass is 10.1. The maximum Gasteiger partial charge on any atom is 0.410 e. The smallest absolute Gasteiger partial charge is 0.410 e. The van der Waals surface area contributed by atoms with Gasteiger partial charge >= 0.3 is 6.09 Å². The number of carbonyl (C=O) groups is 1. The molecule has 0 bridgehead atoms. The summed E-state index contributed by atoms with van der Waals surface area (Å²) < 4.78 is 5.41. The summed E-state index contributed by atoms with van der Waals surface area (Å²) in [6, 6.07) is 0. The zero-order valence-corrected chi connectivity index (χ0v) is 12.6. The first-order chi connectivity index (χ1) is 9.88. The molecule has 0 radical (unpaired) electrons. The average molecular weight is 285 g/mol. The first-order valence-electron chi connectivity index (χ1n) is 7.15. The van der Waals surface area contributed by atoms with Gasteiger partial charge in [-0.2, -0.15) is 0 Å². The summed E-state index contributed by atoms with van der Waals surface area (Å²) in [6.07, 6.45) is 5.73. The molecule has 1 aromatic heterocycles. The van der Waals surface area contributed by atoms with Gasteiger partial charge in [0, 0.05) is 25.5 Å². The third-order valence-corrected chi connectivity index (χ3v) is 3.80. The molecule has 2 atom stereocenters. The number of hydrogen-bond acceptors (Lipinski definition) is 4. The third-order valence-electron chi connectivity index (χ3n) is 3.80. The van der Waals surface area contributed by atoms with E-state index in [2.05, 4.69) is 21.8 Å². The molecule has 1 saturated heterocycles. The molecule has 5 nitrogen and oxygen atoms in total. The van der Waals surface area contributed by atoms with E-state index in [9.17, 15) is 4.79 Å². The van der Waals surface area contributed by atoms with Crippen LogP contribution in [0.1, 0.15) is 32.9 Å². The molecule has 3 rings (SSSR count). The van der Waals surface area contributed by atoms with Crippen molar-refractivity contribution in [3.63, 3.8) is 0 Å². The largest absolute Gasteiger partial charge is 0.444 e. The van der Waals surface area contributed by atoms with Crippen molar-refractivity contribution in [2.24, 2.45) is 11.3 Å². The van der Waals surface area contributed by atoms with Crippen LogP contribution in [-0.2, 0) is 4.74 Å². The summed E-state index contributed by atoms with van der Waals surface area (Å²) in [5.41, 5.74) is 0.157. The van der Waals surface area contributed by atoms with Crippen molar-refractivity contribution in [1.29, 1.82) is 0 Å². The Bertz CT molecular complexity index is 612. The summed E-state index contributed by atoms with van der Waals surface area (Å²) >= 11 is 0. The number of nitrogens with zero attached hydrogens (tertiary/aromatic N) is 3. The molecule has 1 saturated carbocycles. The van der Waals surface area contributed by atoms with Crippen LogP contribution in [0.2, 0.25) is 0 Å². The van der Waals surface area contributed by atoms with Gasteiger partial charge in [-0.15, -0.1) is 0 Å². The fraction of sp³-hybridized carbons (Fsp3) is 0.562. The lowest BCUT2D eigenvalue weighted by Crippen LogP contribution is -2.37. The third kappa shape index (κ3) is 2.99. The van der Waals surface area contributed by atoms with E-state index in [0.717, 1.165) is 13.0 Å². The van der Waals surface area contributed by atoms with Crippen molar-refractivity contribution >= 4 is 6.09 Å². The highest BCUT2D eigenvalue weighted by Gasteiger charge is 2.60. The standard InChI is InChI=1S/C16H19N3O2/c1-15(2,3)21-14(20)19-10-12-8-16(12,11-19)5-4-13-9-17-6-7-18-13/h6-7,9,12H,8,10-11H2,1-3H3. The lowest BCUT2D eigenvalue weighted by molar-refractivity contribution is 0.0268. The second kappa shape index (κ2) is 4.73. The lowest BCUT2D eigenvalue weighted by Gasteiger charge is -2.25. The van der Waals surface area contributed by atoms with Crippen LogP contribution in [0.4, 0.5) is 4.79 Å². The zero-order chi connectivity index (χ0) is 15.1. The molecular formula is C16H19N3O2. The van der Waals surface area contributed by atoms with Crippen LogP contribution in [0, 0.1) is 23.2 Å². The second-order valence-electron chi connectivity index (χ2n) is 6.76. The van der Waals surface area contributed by atoms with Gasteiger partial charge in [-0.25, -0.2) is 9.78 Å². The fourth-order valence-corrected chi connectivity index (χ4v) is 2.70. The highest BCUT2D eigenvalue weighted by atomic mass is 16.6. The number of ether oxygens (including phenoxy) is 1. The minimum absolute atomic E-state index is 0.0611. The Kier molecular flexibility index (Phi) is 3.12. The number of rotatable bonds is 0. The van der Waals surface area contributed by atoms with Crippen LogP contribution in [0.3, 0.4) is 0 Å². The Hall–Kier alpha value is -2.09. The first kappa shape index (κ1) is 13.9. The van der Waals surface area contributed by atoms with Gasteiger partial charge in [0.2, 0.25) is 0 Å². The van der Waals surface area contributed by atoms with Crippen LogP contribution >= 0.6 is 0 Å². The molecule has 2 heterocycles. The van der Waals surface area contributed by atoms with E-state index >= 15 is 0 Å². The molecule has 21 heavy (non-hydrogen) atoms. The van der Waals surface area contributed by atoms with Crippen molar-refractivity contribution < 1.29 is 9.53 Å². The molecular weight excluding hydrogens is 266 g/mol. The van der Waals surface area contributed by atoms with E-state index in [4.69, 9.17) is 4.74 Å². The van der Waals surface area contributed by atoms with Crippen LogP contribution < -0.4 is 0 Å². The number of amides is 1. The van der Waals surface area contributed by atoms with Gasteiger partial charge in [0.25, 0.3) is 0 Å². The minimum Gasteiger partial charge on any atom is -0.444 e. The van der Waals surface area contributed by atoms with E-state index in [-0.39, 0.29) is 11.5 Å². The van der Waals surface area contributed by atoms with Gasteiger partial charge in [-0.3, -0.25) is 4.98 Å². The minimum atomic E-state index is -0.456. The molecule has 0 spiro atoms. The van der Waals surface area contributed by atoms with E-state index in [1.165, 1.54) is 0 Å². The maximum absolute atomic E-state index is 12.1. The van der Waals surface area contributed by atoms with E-state index in [0.29, 0.717) is 18.2 Å². The summed E-state index contributed by atoms with van der Waals surface area (Å²) in [5.74, 6) is 6.84. The van der Waals surface area contributed by atoms with Gasteiger partial charge in [0.1, 0.15) is 11.3 Å². The zero-order valence-electron chi connectivity index (χ0n) is 12.6. The summed E-state index contributed by atoms with van der Waals surface area (Å²) in [6.45, 7) is 7.03.